The standard InChI is InChI=1S/C16H19ClN2O3/c1-4-12(16(21)22)18-15(20)14-9(3)11-8-10(17)6-7-13(11)19(14)5-2/h6-8,12H,4-5H2,1-3H3,(H,18,20)(H,21,22). The molecule has 0 saturated heterocycles. The third kappa shape index (κ3) is 2.81. The molecule has 6 heteroatoms. The van der Waals surface area contributed by atoms with Crippen molar-refractivity contribution in [3.05, 3.63) is 34.5 Å². The number of nitrogens with one attached hydrogen (secondary N) is 1. The van der Waals surface area contributed by atoms with E-state index in [1.807, 2.05) is 30.5 Å². The van der Waals surface area contributed by atoms with Crippen molar-refractivity contribution in [3.8, 4) is 0 Å². The number of aryl methyl sites for hydroxylation is 2. The predicted octanol–water partition coefficient (Wildman–Crippen LogP) is 3.22. The van der Waals surface area contributed by atoms with Crippen LogP contribution in [0.1, 0.15) is 36.3 Å². The molecule has 1 amide bonds. The molecule has 22 heavy (non-hydrogen) atoms. The number of aliphatic carboxylic acids is 1. The number of aromatic nitrogens is 1. The van der Waals surface area contributed by atoms with Gasteiger partial charge in [0.25, 0.3) is 5.91 Å². The zero-order valence-corrected chi connectivity index (χ0v) is 13.6. The number of rotatable bonds is 5. The Hall–Kier alpha value is -2.01. The number of carboxylic acid groups (broad SMARTS) is 1. The highest BCUT2D eigenvalue weighted by atomic mass is 35.5. The Balaban J connectivity index is 2.52. The number of nitrogens with zero attached hydrogens (tertiary/aromatic N) is 1. The molecule has 1 heterocycles. The van der Waals surface area contributed by atoms with E-state index in [1.165, 1.54) is 0 Å². The summed E-state index contributed by atoms with van der Waals surface area (Å²) in [5.74, 6) is -1.41. The molecule has 0 radical (unpaired) electrons. The lowest BCUT2D eigenvalue weighted by Gasteiger charge is -2.14. The first-order valence-corrected chi connectivity index (χ1v) is 7.60. The molecule has 118 valence electrons. The number of hydrogen-bond donors (Lipinski definition) is 2. The van der Waals surface area contributed by atoms with Crippen LogP contribution in [0.15, 0.2) is 18.2 Å². The van der Waals surface area contributed by atoms with E-state index in [9.17, 15) is 9.59 Å². The molecule has 1 aromatic heterocycles. The maximum absolute atomic E-state index is 12.5. The van der Waals surface area contributed by atoms with Crippen molar-refractivity contribution in [3.63, 3.8) is 0 Å². The predicted molar refractivity (Wildman–Crippen MR) is 86.5 cm³/mol. The molecule has 1 unspecified atom stereocenters. The van der Waals surface area contributed by atoms with Crippen molar-refractivity contribution in [2.45, 2.75) is 39.8 Å². The lowest BCUT2D eigenvalue weighted by atomic mass is 10.1. The number of fused-ring (bicyclic) bond motifs is 1. The zero-order valence-electron chi connectivity index (χ0n) is 12.8. The molecule has 1 aromatic carbocycles. The molecule has 0 bridgehead atoms. The first kappa shape index (κ1) is 16.4. The van der Waals surface area contributed by atoms with Crippen LogP contribution in [0.2, 0.25) is 5.02 Å². The van der Waals surface area contributed by atoms with E-state index in [4.69, 9.17) is 16.7 Å². The van der Waals surface area contributed by atoms with E-state index in [0.717, 1.165) is 16.5 Å². The third-order valence-corrected chi connectivity index (χ3v) is 4.06. The van der Waals surface area contributed by atoms with Crippen LogP contribution in [0, 0.1) is 6.92 Å². The molecular formula is C16H19ClN2O3. The minimum absolute atomic E-state index is 0.332. The number of carboxylic acids is 1. The highest BCUT2D eigenvalue weighted by Crippen LogP contribution is 2.28. The van der Waals surface area contributed by atoms with E-state index in [0.29, 0.717) is 23.7 Å². The van der Waals surface area contributed by atoms with Gasteiger partial charge < -0.3 is 15.0 Å². The molecule has 0 aliphatic heterocycles. The Morgan fingerprint density at radius 3 is 2.59 bits per heavy atom. The van der Waals surface area contributed by atoms with Gasteiger partial charge in [-0.25, -0.2) is 4.79 Å². The lowest BCUT2D eigenvalue weighted by Crippen LogP contribution is -2.41. The molecular weight excluding hydrogens is 304 g/mol. The van der Waals surface area contributed by atoms with Gasteiger partial charge in [0.05, 0.1) is 0 Å². The van der Waals surface area contributed by atoms with Crippen LogP contribution in [0.5, 0.6) is 0 Å². The fourth-order valence-corrected chi connectivity index (χ4v) is 2.85. The van der Waals surface area contributed by atoms with Gasteiger partial charge in [-0.3, -0.25) is 4.79 Å². The average molecular weight is 323 g/mol. The molecule has 2 rings (SSSR count). The summed E-state index contributed by atoms with van der Waals surface area (Å²) in [6.07, 6.45) is 0.332. The Kier molecular flexibility index (Phi) is 4.76. The third-order valence-electron chi connectivity index (χ3n) is 3.82. The maximum Gasteiger partial charge on any atom is 0.326 e. The number of hydrogen-bond acceptors (Lipinski definition) is 2. The molecule has 0 aliphatic carbocycles. The number of amides is 1. The topological polar surface area (TPSA) is 71.3 Å². The number of halogens is 1. The summed E-state index contributed by atoms with van der Waals surface area (Å²) in [4.78, 5) is 23.7. The molecule has 5 nitrogen and oxygen atoms in total. The van der Waals surface area contributed by atoms with Crippen molar-refractivity contribution < 1.29 is 14.7 Å². The minimum Gasteiger partial charge on any atom is -0.480 e. The molecule has 0 fully saturated rings. The summed E-state index contributed by atoms with van der Waals surface area (Å²) < 4.78 is 1.88. The maximum atomic E-state index is 12.5. The highest BCUT2D eigenvalue weighted by Gasteiger charge is 2.24. The van der Waals surface area contributed by atoms with E-state index >= 15 is 0 Å². The largest absolute Gasteiger partial charge is 0.480 e. The smallest absolute Gasteiger partial charge is 0.326 e. The molecule has 0 aliphatic rings. The monoisotopic (exact) mass is 322 g/mol. The van der Waals surface area contributed by atoms with Gasteiger partial charge in [0.2, 0.25) is 0 Å². The second-order valence-electron chi connectivity index (χ2n) is 5.15. The van der Waals surface area contributed by atoms with Crippen molar-refractivity contribution in [1.82, 2.24) is 9.88 Å². The van der Waals surface area contributed by atoms with Crippen LogP contribution in [0.4, 0.5) is 0 Å². The Bertz CT molecular complexity index is 737. The van der Waals surface area contributed by atoms with Gasteiger partial charge in [0.15, 0.2) is 0 Å². The van der Waals surface area contributed by atoms with Gasteiger partial charge in [0, 0.05) is 22.5 Å². The van der Waals surface area contributed by atoms with Crippen molar-refractivity contribution in [1.29, 1.82) is 0 Å². The first-order chi connectivity index (χ1) is 10.4. The van der Waals surface area contributed by atoms with Gasteiger partial charge in [0.1, 0.15) is 11.7 Å². The van der Waals surface area contributed by atoms with E-state index in [-0.39, 0.29) is 5.91 Å². The average Bonchev–Trinajstić information content (AvgIpc) is 2.76. The van der Waals surface area contributed by atoms with Crippen LogP contribution in [0.25, 0.3) is 10.9 Å². The van der Waals surface area contributed by atoms with Crippen molar-refractivity contribution in [2.75, 3.05) is 0 Å². The summed E-state index contributed by atoms with van der Waals surface area (Å²) in [6.45, 7) is 6.12. The SMILES string of the molecule is CCC(NC(=O)c1c(C)c2cc(Cl)ccc2n1CC)C(=O)O. The van der Waals surface area contributed by atoms with Crippen LogP contribution < -0.4 is 5.32 Å². The molecule has 1 atom stereocenters. The van der Waals surface area contributed by atoms with Gasteiger partial charge in [-0.05, 0) is 44.0 Å². The van der Waals surface area contributed by atoms with Gasteiger partial charge in [-0.1, -0.05) is 18.5 Å². The number of benzene rings is 1. The Labute approximate surface area is 133 Å². The second-order valence-corrected chi connectivity index (χ2v) is 5.59. The highest BCUT2D eigenvalue weighted by molar-refractivity contribution is 6.31. The minimum atomic E-state index is -1.03. The summed E-state index contributed by atoms with van der Waals surface area (Å²) in [6, 6.07) is 4.59. The quantitative estimate of drug-likeness (QED) is 0.888. The van der Waals surface area contributed by atoms with Gasteiger partial charge in [-0.15, -0.1) is 0 Å². The van der Waals surface area contributed by atoms with Crippen molar-refractivity contribution >= 4 is 34.4 Å². The summed E-state index contributed by atoms with van der Waals surface area (Å²) >= 11 is 6.04. The summed E-state index contributed by atoms with van der Waals surface area (Å²) in [5.41, 5.74) is 2.20. The Morgan fingerprint density at radius 2 is 2.05 bits per heavy atom. The van der Waals surface area contributed by atoms with Crippen LogP contribution in [0.3, 0.4) is 0 Å². The van der Waals surface area contributed by atoms with Gasteiger partial charge >= 0.3 is 5.97 Å². The van der Waals surface area contributed by atoms with Gasteiger partial charge in [-0.2, -0.15) is 0 Å². The molecule has 2 aromatic rings. The van der Waals surface area contributed by atoms with Crippen LogP contribution in [-0.4, -0.2) is 27.6 Å². The van der Waals surface area contributed by atoms with Crippen LogP contribution in [-0.2, 0) is 11.3 Å². The molecule has 2 N–H and O–H groups in total. The fourth-order valence-electron chi connectivity index (χ4n) is 2.68. The fraction of sp³-hybridized carbons (Fsp3) is 0.375. The van der Waals surface area contributed by atoms with E-state index in [2.05, 4.69) is 5.32 Å². The summed E-state index contributed by atoms with van der Waals surface area (Å²) in [5, 5.41) is 13.2. The van der Waals surface area contributed by atoms with Crippen LogP contribution >= 0.6 is 11.6 Å². The number of carbonyl (C=O) groups excluding carboxylic acids is 1. The van der Waals surface area contributed by atoms with E-state index in [1.54, 1.807) is 13.0 Å². The number of carbonyl (C=O) groups is 2. The molecule has 0 saturated carbocycles. The summed E-state index contributed by atoms with van der Waals surface area (Å²) in [7, 11) is 0. The normalized spacial score (nSPS) is 12.4. The lowest BCUT2D eigenvalue weighted by molar-refractivity contribution is -0.139. The molecule has 0 spiro atoms. The second kappa shape index (κ2) is 6.40. The zero-order chi connectivity index (χ0) is 16.4. The van der Waals surface area contributed by atoms with Crippen molar-refractivity contribution in [2.24, 2.45) is 0 Å². The van der Waals surface area contributed by atoms with E-state index < -0.39 is 12.0 Å². The first-order valence-electron chi connectivity index (χ1n) is 7.22. The Morgan fingerprint density at radius 1 is 1.36 bits per heavy atom.